The lowest BCUT2D eigenvalue weighted by atomic mass is 9.95. The van der Waals surface area contributed by atoms with Crippen LogP contribution in [0.2, 0.25) is 0 Å². The van der Waals surface area contributed by atoms with Gasteiger partial charge < -0.3 is 11.5 Å². The van der Waals surface area contributed by atoms with Crippen LogP contribution in [-0.2, 0) is 5.54 Å². The fourth-order valence-corrected chi connectivity index (χ4v) is 1.35. The highest BCUT2D eigenvalue weighted by molar-refractivity contribution is 8.13. The van der Waals surface area contributed by atoms with Gasteiger partial charge in [0.1, 0.15) is 0 Å². The summed E-state index contributed by atoms with van der Waals surface area (Å²) >= 11 is 1.43. The van der Waals surface area contributed by atoms with Crippen molar-refractivity contribution in [1.82, 2.24) is 0 Å². The molecule has 0 unspecified atom stereocenters. The zero-order chi connectivity index (χ0) is 11.5. The van der Waals surface area contributed by atoms with Crippen molar-refractivity contribution in [3.8, 4) is 0 Å². The Morgan fingerprint density at radius 3 is 2.35 bits per heavy atom. The van der Waals surface area contributed by atoms with Crippen LogP contribution in [0.1, 0.15) is 19.4 Å². The predicted octanol–water partition coefficient (Wildman–Crippen LogP) is 3.03. The van der Waals surface area contributed by atoms with E-state index in [1.165, 1.54) is 11.8 Å². The van der Waals surface area contributed by atoms with E-state index in [-0.39, 0.29) is 30.4 Å². The van der Waals surface area contributed by atoms with Crippen LogP contribution >= 0.6 is 36.6 Å². The zero-order valence-corrected chi connectivity index (χ0v) is 12.6. The van der Waals surface area contributed by atoms with Crippen molar-refractivity contribution in [2.75, 3.05) is 6.26 Å². The smallest absolute Gasteiger partial charge is 0.158 e. The molecule has 1 aromatic rings. The fraction of sp³-hybridized carbons (Fsp3) is 0.364. The Morgan fingerprint density at radius 1 is 1.29 bits per heavy atom. The summed E-state index contributed by atoms with van der Waals surface area (Å²) in [7, 11) is 0. The number of aliphatic imine (C=N–C) groups is 1. The van der Waals surface area contributed by atoms with Crippen molar-refractivity contribution in [2.45, 2.75) is 19.4 Å². The van der Waals surface area contributed by atoms with Gasteiger partial charge in [0, 0.05) is 5.54 Å². The molecule has 1 rings (SSSR count). The maximum absolute atomic E-state index is 6.00. The van der Waals surface area contributed by atoms with Crippen molar-refractivity contribution < 1.29 is 0 Å². The van der Waals surface area contributed by atoms with E-state index in [0.717, 1.165) is 11.3 Å². The first-order valence-electron chi connectivity index (χ1n) is 4.71. The van der Waals surface area contributed by atoms with Gasteiger partial charge in [-0.15, -0.1) is 24.8 Å². The zero-order valence-electron chi connectivity index (χ0n) is 10.1. The Morgan fingerprint density at radius 2 is 1.88 bits per heavy atom. The molecule has 0 spiro atoms. The molecule has 0 heterocycles. The van der Waals surface area contributed by atoms with Crippen LogP contribution in [0.4, 0.5) is 5.69 Å². The lowest BCUT2D eigenvalue weighted by molar-refractivity contribution is 0.554. The van der Waals surface area contributed by atoms with Gasteiger partial charge in [-0.05, 0) is 37.8 Å². The average Bonchev–Trinajstić information content (AvgIpc) is 2.17. The molecule has 98 valence electrons. The Hall–Kier alpha value is -0.420. The van der Waals surface area contributed by atoms with Crippen LogP contribution in [0, 0.1) is 0 Å². The summed E-state index contributed by atoms with van der Waals surface area (Å²) in [6.45, 7) is 3.93. The maximum Gasteiger partial charge on any atom is 0.158 e. The highest BCUT2D eigenvalue weighted by atomic mass is 35.5. The number of thioether (sulfide) groups is 1. The SMILES string of the molecule is CSC(N)=Nc1cccc(C(C)(C)N)c1.Cl.Cl. The molecular formula is C11H19Cl2N3S. The predicted molar refractivity (Wildman–Crippen MR) is 82.9 cm³/mol. The van der Waals surface area contributed by atoms with Crippen LogP contribution in [0.5, 0.6) is 0 Å². The molecule has 0 atom stereocenters. The Bertz CT molecular complexity index is 375. The summed E-state index contributed by atoms with van der Waals surface area (Å²) in [5.41, 5.74) is 13.2. The topological polar surface area (TPSA) is 64.4 Å². The first kappa shape index (κ1) is 18.9. The average molecular weight is 296 g/mol. The Balaban J connectivity index is 0. The van der Waals surface area contributed by atoms with Crippen LogP contribution in [-0.4, -0.2) is 11.4 Å². The second-order valence-corrected chi connectivity index (χ2v) is 4.75. The van der Waals surface area contributed by atoms with Gasteiger partial charge in [0.2, 0.25) is 0 Å². The molecule has 0 aromatic heterocycles. The van der Waals surface area contributed by atoms with E-state index in [1.807, 2.05) is 44.4 Å². The minimum absolute atomic E-state index is 0. The maximum atomic E-state index is 6.00. The summed E-state index contributed by atoms with van der Waals surface area (Å²) in [5, 5.41) is 0.557. The lowest BCUT2D eigenvalue weighted by Gasteiger charge is -2.19. The van der Waals surface area contributed by atoms with Crippen LogP contribution in [0.25, 0.3) is 0 Å². The second-order valence-electron chi connectivity index (χ2n) is 3.93. The van der Waals surface area contributed by atoms with Crippen molar-refractivity contribution in [1.29, 1.82) is 0 Å². The Labute approximate surface area is 119 Å². The van der Waals surface area contributed by atoms with Crippen LogP contribution in [0.3, 0.4) is 0 Å². The van der Waals surface area contributed by atoms with E-state index >= 15 is 0 Å². The van der Waals surface area contributed by atoms with Gasteiger partial charge in [-0.2, -0.15) is 0 Å². The van der Waals surface area contributed by atoms with Gasteiger partial charge in [0.05, 0.1) is 5.69 Å². The summed E-state index contributed by atoms with van der Waals surface area (Å²) in [6.07, 6.45) is 1.90. The van der Waals surface area contributed by atoms with E-state index in [0.29, 0.717) is 5.17 Å². The molecule has 0 fully saturated rings. The molecule has 0 aliphatic heterocycles. The number of nitrogens with two attached hydrogens (primary N) is 2. The number of amidine groups is 1. The number of benzene rings is 1. The minimum Gasteiger partial charge on any atom is -0.378 e. The van der Waals surface area contributed by atoms with Gasteiger partial charge in [-0.3, -0.25) is 0 Å². The van der Waals surface area contributed by atoms with Gasteiger partial charge in [-0.1, -0.05) is 23.9 Å². The number of hydrogen-bond acceptors (Lipinski definition) is 3. The Kier molecular flexibility index (Phi) is 8.71. The largest absolute Gasteiger partial charge is 0.378 e. The molecule has 3 nitrogen and oxygen atoms in total. The van der Waals surface area contributed by atoms with Crippen molar-refractivity contribution >= 4 is 47.4 Å². The molecule has 0 aliphatic carbocycles. The molecule has 0 saturated heterocycles. The van der Waals surface area contributed by atoms with E-state index in [9.17, 15) is 0 Å². The van der Waals surface area contributed by atoms with Crippen molar-refractivity contribution in [3.63, 3.8) is 0 Å². The summed E-state index contributed by atoms with van der Waals surface area (Å²) < 4.78 is 0. The summed E-state index contributed by atoms with van der Waals surface area (Å²) in [5.74, 6) is 0. The molecule has 17 heavy (non-hydrogen) atoms. The number of hydrogen-bond donors (Lipinski definition) is 2. The molecule has 0 radical (unpaired) electrons. The second kappa shape index (κ2) is 7.82. The monoisotopic (exact) mass is 295 g/mol. The molecule has 0 aliphatic rings. The fourth-order valence-electron chi connectivity index (χ4n) is 1.15. The van der Waals surface area contributed by atoms with Gasteiger partial charge in [0.25, 0.3) is 0 Å². The number of halogens is 2. The number of nitrogens with zero attached hydrogens (tertiary/aromatic N) is 1. The molecular weight excluding hydrogens is 277 g/mol. The van der Waals surface area contributed by atoms with E-state index < -0.39 is 0 Å². The molecule has 0 bridgehead atoms. The molecule has 0 saturated carbocycles. The highest BCUT2D eigenvalue weighted by Crippen LogP contribution is 2.22. The van der Waals surface area contributed by atoms with Gasteiger partial charge >= 0.3 is 0 Å². The lowest BCUT2D eigenvalue weighted by Crippen LogP contribution is -2.28. The van der Waals surface area contributed by atoms with E-state index in [1.54, 1.807) is 0 Å². The highest BCUT2D eigenvalue weighted by Gasteiger charge is 2.13. The first-order valence-corrected chi connectivity index (χ1v) is 5.93. The van der Waals surface area contributed by atoms with E-state index in [4.69, 9.17) is 11.5 Å². The van der Waals surface area contributed by atoms with Gasteiger partial charge in [0.15, 0.2) is 5.17 Å². The van der Waals surface area contributed by atoms with Gasteiger partial charge in [-0.25, -0.2) is 4.99 Å². The summed E-state index contributed by atoms with van der Waals surface area (Å²) in [6, 6.07) is 7.81. The normalized spacial score (nSPS) is 11.4. The molecule has 1 aromatic carbocycles. The molecule has 6 heteroatoms. The van der Waals surface area contributed by atoms with Crippen molar-refractivity contribution in [2.24, 2.45) is 16.5 Å². The third-order valence-electron chi connectivity index (χ3n) is 2.04. The van der Waals surface area contributed by atoms with E-state index in [2.05, 4.69) is 4.99 Å². The molecule has 0 amide bonds. The quantitative estimate of drug-likeness (QED) is 0.651. The first-order chi connectivity index (χ1) is 6.93. The molecule has 4 N–H and O–H groups in total. The third-order valence-corrected chi connectivity index (χ3v) is 2.55. The van der Waals surface area contributed by atoms with Crippen molar-refractivity contribution in [3.05, 3.63) is 29.8 Å². The standard InChI is InChI=1S/C11H17N3S.2ClH/c1-11(2,13)8-5-4-6-9(7-8)14-10(12)15-3;;/h4-7H,13H2,1-3H3,(H2,12,14);2*1H. The van der Waals surface area contributed by atoms with Crippen LogP contribution in [0.15, 0.2) is 29.3 Å². The summed E-state index contributed by atoms with van der Waals surface area (Å²) in [4.78, 5) is 4.25. The minimum atomic E-state index is -0.348. The number of rotatable bonds is 2. The van der Waals surface area contributed by atoms with Crippen LogP contribution < -0.4 is 11.5 Å². The third kappa shape index (κ3) is 6.17.